The van der Waals surface area contributed by atoms with Crippen LogP contribution in [-0.4, -0.2) is 43.2 Å². The van der Waals surface area contributed by atoms with Crippen molar-refractivity contribution in [2.75, 3.05) is 26.2 Å². The molecular weight excluding hydrogens is 194 g/mol. The molecule has 0 aliphatic carbocycles. The minimum atomic E-state index is -0.488. The lowest BCUT2D eigenvalue weighted by Gasteiger charge is -2.32. The molecule has 0 aromatic rings. The maximum absolute atomic E-state index is 11.9. The van der Waals surface area contributed by atoms with Crippen LogP contribution in [0.5, 0.6) is 0 Å². The highest BCUT2D eigenvalue weighted by Gasteiger charge is 2.27. The van der Waals surface area contributed by atoms with Gasteiger partial charge in [-0.3, -0.25) is 4.79 Å². The van der Waals surface area contributed by atoms with Gasteiger partial charge in [-0.1, -0.05) is 6.92 Å². The van der Waals surface area contributed by atoms with Gasteiger partial charge in [0.15, 0.2) is 6.10 Å². The SMILES string of the molecule is CCC(CN)C(=O)N1CCOC(C#N)C1. The van der Waals surface area contributed by atoms with Crippen molar-refractivity contribution in [1.82, 2.24) is 4.90 Å². The van der Waals surface area contributed by atoms with Crippen molar-refractivity contribution in [2.45, 2.75) is 19.4 Å². The maximum Gasteiger partial charge on any atom is 0.227 e. The van der Waals surface area contributed by atoms with Gasteiger partial charge in [-0.05, 0) is 6.42 Å². The smallest absolute Gasteiger partial charge is 0.227 e. The molecule has 15 heavy (non-hydrogen) atoms. The minimum Gasteiger partial charge on any atom is -0.360 e. The van der Waals surface area contributed by atoms with Crippen LogP contribution < -0.4 is 5.73 Å². The van der Waals surface area contributed by atoms with E-state index in [1.807, 2.05) is 13.0 Å². The summed E-state index contributed by atoms with van der Waals surface area (Å²) in [7, 11) is 0. The van der Waals surface area contributed by atoms with Crippen molar-refractivity contribution in [1.29, 1.82) is 5.26 Å². The summed E-state index contributed by atoms with van der Waals surface area (Å²) in [6.07, 6.45) is 0.252. The van der Waals surface area contributed by atoms with E-state index in [1.165, 1.54) is 0 Å². The molecule has 1 saturated heterocycles. The number of nitrogens with zero attached hydrogens (tertiary/aromatic N) is 2. The summed E-state index contributed by atoms with van der Waals surface area (Å²) in [6.45, 7) is 3.67. The van der Waals surface area contributed by atoms with Crippen molar-refractivity contribution in [3.8, 4) is 6.07 Å². The predicted octanol–water partition coefficient (Wildman–Crippen LogP) is -0.278. The first kappa shape index (κ1) is 12.0. The van der Waals surface area contributed by atoms with E-state index in [1.54, 1.807) is 4.90 Å². The first-order chi connectivity index (χ1) is 7.22. The zero-order valence-electron chi connectivity index (χ0n) is 8.98. The predicted molar refractivity (Wildman–Crippen MR) is 54.8 cm³/mol. The normalized spacial score (nSPS) is 23.3. The quantitative estimate of drug-likeness (QED) is 0.696. The van der Waals surface area contributed by atoms with E-state index >= 15 is 0 Å². The van der Waals surface area contributed by atoms with Gasteiger partial charge in [0.2, 0.25) is 5.91 Å². The van der Waals surface area contributed by atoms with Crippen LogP contribution >= 0.6 is 0 Å². The van der Waals surface area contributed by atoms with E-state index in [4.69, 9.17) is 15.7 Å². The molecule has 1 fully saturated rings. The number of hydrogen-bond acceptors (Lipinski definition) is 4. The van der Waals surface area contributed by atoms with Crippen molar-refractivity contribution in [2.24, 2.45) is 11.7 Å². The van der Waals surface area contributed by atoms with E-state index < -0.39 is 6.10 Å². The Morgan fingerprint density at radius 1 is 1.80 bits per heavy atom. The Labute approximate surface area is 89.8 Å². The molecule has 84 valence electrons. The average Bonchev–Trinajstić information content (AvgIpc) is 2.30. The second-order valence-electron chi connectivity index (χ2n) is 3.61. The summed E-state index contributed by atoms with van der Waals surface area (Å²) in [5.74, 6) is -0.0778. The third-order valence-corrected chi connectivity index (χ3v) is 2.65. The van der Waals surface area contributed by atoms with Crippen molar-refractivity contribution >= 4 is 5.91 Å². The van der Waals surface area contributed by atoms with Crippen LogP contribution in [0.4, 0.5) is 0 Å². The Bertz CT molecular complexity index is 258. The van der Waals surface area contributed by atoms with Gasteiger partial charge >= 0.3 is 0 Å². The Hall–Kier alpha value is -1.12. The molecule has 0 spiro atoms. The fraction of sp³-hybridized carbons (Fsp3) is 0.800. The van der Waals surface area contributed by atoms with Crippen molar-refractivity contribution < 1.29 is 9.53 Å². The molecule has 1 aliphatic heterocycles. The lowest BCUT2D eigenvalue weighted by atomic mass is 10.0. The topological polar surface area (TPSA) is 79.3 Å². The molecule has 5 nitrogen and oxygen atoms in total. The number of nitriles is 1. The summed E-state index contributed by atoms with van der Waals surface area (Å²) < 4.78 is 5.17. The van der Waals surface area contributed by atoms with Gasteiger partial charge in [0.25, 0.3) is 0 Å². The van der Waals surface area contributed by atoms with Gasteiger partial charge in [-0.2, -0.15) is 5.26 Å². The second kappa shape index (κ2) is 5.69. The van der Waals surface area contributed by atoms with E-state index in [-0.39, 0.29) is 11.8 Å². The number of ether oxygens (including phenoxy) is 1. The fourth-order valence-electron chi connectivity index (χ4n) is 1.63. The zero-order valence-corrected chi connectivity index (χ0v) is 8.98. The number of morpholine rings is 1. The average molecular weight is 211 g/mol. The van der Waals surface area contributed by atoms with Gasteiger partial charge in [0, 0.05) is 13.1 Å². The molecule has 0 radical (unpaired) electrons. The molecule has 1 rings (SSSR count). The number of carbonyl (C=O) groups is 1. The van der Waals surface area contributed by atoms with Gasteiger partial charge < -0.3 is 15.4 Å². The second-order valence-corrected chi connectivity index (χ2v) is 3.61. The van der Waals surface area contributed by atoms with Crippen LogP contribution in [-0.2, 0) is 9.53 Å². The molecule has 0 aromatic carbocycles. The Kier molecular flexibility index (Phi) is 4.53. The highest BCUT2D eigenvalue weighted by Crippen LogP contribution is 2.11. The molecule has 1 aliphatic rings. The van der Waals surface area contributed by atoms with Crippen LogP contribution in [0.1, 0.15) is 13.3 Å². The molecule has 1 amide bonds. The van der Waals surface area contributed by atoms with Crippen LogP contribution in [0.15, 0.2) is 0 Å². The molecule has 2 atom stereocenters. The number of rotatable bonds is 3. The molecular formula is C10H17N3O2. The first-order valence-electron chi connectivity index (χ1n) is 5.23. The number of amides is 1. The third kappa shape index (κ3) is 2.91. The van der Waals surface area contributed by atoms with Crippen molar-refractivity contribution in [3.05, 3.63) is 0 Å². The zero-order chi connectivity index (χ0) is 11.3. The highest BCUT2D eigenvalue weighted by molar-refractivity contribution is 5.79. The molecule has 5 heteroatoms. The van der Waals surface area contributed by atoms with E-state index in [0.717, 1.165) is 6.42 Å². The molecule has 1 heterocycles. The molecule has 2 unspecified atom stereocenters. The fourth-order valence-corrected chi connectivity index (χ4v) is 1.63. The van der Waals surface area contributed by atoms with Gasteiger partial charge in [-0.15, -0.1) is 0 Å². The van der Waals surface area contributed by atoms with E-state index in [2.05, 4.69) is 0 Å². The number of nitrogens with two attached hydrogens (primary N) is 1. The van der Waals surface area contributed by atoms with Crippen LogP contribution in [0.25, 0.3) is 0 Å². The molecule has 0 aromatic heterocycles. The van der Waals surface area contributed by atoms with Gasteiger partial charge in [0.1, 0.15) is 0 Å². The summed E-state index contributed by atoms with van der Waals surface area (Å²) in [6, 6.07) is 2.02. The third-order valence-electron chi connectivity index (χ3n) is 2.65. The molecule has 2 N–H and O–H groups in total. The Morgan fingerprint density at radius 2 is 2.53 bits per heavy atom. The number of hydrogen-bond donors (Lipinski definition) is 1. The van der Waals surface area contributed by atoms with Crippen LogP contribution in [0.3, 0.4) is 0 Å². The van der Waals surface area contributed by atoms with Crippen molar-refractivity contribution in [3.63, 3.8) is 0 Å². The van der Waals surface area contributed by atoms with Crippen LogP contribution in [0.2, 0.25) is 0 Å². The lowest BCUT2D eigenvalue weighted by molar-refractivity contribution is -0.141. The first-order valence-corrected chi connectivity index (χ1v) is 5.23. The largest absolute Gasteiger partial charge is 0.360 e. The maximum atomic E-state index is 11.9. The molecule has 0 saturated carbocycles. The molecule has 0 bridgehead atoms. The van der Waals surface area contributed by atoms with E-state index in [0.29, 0.717) is 26.2 Å². The Balaban J connectivity index is 2.56. The summed E-state index contributed by atoms with van der Waals surface area (Å²) >= 11 is 0. The summed E-state index contributed by atoms with van der Waals surface area (Å²) in [4.78, 5) is 13.6. The monoisotopic (exact) mass is 211 g/mol. The van der Waals surface area contributed by atoms with E-state index in [9.17, 15) is 4.79 Å². The summed E-state index contributed by atoms with van der Waals surface area (Å²) in [5.41, 5.74) is 5.51. The Morgan fingerprint density at radius 3 is 3.07 bits per heavy atom. The minimum absolute atomic E-state index is 0.0450. The highest BCUT2D eigenvalue weighted by atomic mass is 16.5. The van der Waals surface area contributed by atoms with Crippen LogP contribution in [0, 0.1) is 17.2 Å². The summed E-state index contributed by atoms with van der Waals surface area (Å²) in [5, 5.41) is 8.71. The van der Waals surface area contributed by atoms with Gasteiger partial charge in [0.05, 0.1) is 25.1 Å². The standard InChI is InChI=1S/C10H17N3O2/c1-2-8(5-11)10(14)13-3-4-15-9(6-12)7-13/h8-9H,2-5,7,11H2,1H3. The number of carbonyl (C=O) groups excluding carboxylic acids is 1. The lowest BCUT2D eigenvalue weighted by Crippen LogP contribution is -2.48. The van der Waals surface area contributed by atoms with Gasteiger partial charge in [-0.25, -0.2) is 0 Å².